The Kier molecular flexibility index (Phi) is 4.51. The van der Waals surface area contributed by atoms with Gasteiger partial charge >= 0.3 is 0 Å². The van der Waals surface area contributed by atoms with Crippen molar-refractivity contribution in [2.75, 3.05) is 11.6 Å². The van der Waals surface area contributed by atoms with E-state index in [1.165, 1.54) is 11.8 Å². The number of nitrogens with zero attached hydrogens (tertiary/aromatic N) is 2. The van der Waals surface area contributed by atoms with Crippen LogP contribution in [0.4, 0.5) is 5.82 Å². The standard InChI is InChI=1S/C12H19N3OS/c1-8(12(2,3)4)14-10-9(7-16)6-13-11(15-10)17-5/h6-8H,1-5H3,(H,13,14,15). The maximum absolute atomic E-state index is 10.9. The molecule has 0 aliphatic rings. The summed E-state index contributed by atoms with van der Waals surface area (Å²) in [5, 5.41) is 3.95. The molecular formula is C12H19N3OS. The van der Waals surface area contributed by atoms with Crippen molar-refractivity contribution in [2.24, 2.45) is 5.41 Å². The molecule has 1 rings (SSSR count). The normalized spacial score (nSPS) is 13.2. The molecule has 1 aromatic heterocycles. The van der Waals surface area contributed by atoms with Gasteiger partial charge in [0.2, 0.25) is 0 Å². The van der Waals surface area contributed by atoms with Gasteiger partial charge in [0.1, 0.15) is 5.82 Å². The molecule has 0 aliphatic heterocycles. The summed E-state index contributed by atoms with van der Waals surface area (Å²) in [4.78, 5) is 19.3. The average molecular weight is 253 g/mol. The van der Waals surface area contributed by atoms with E-state index in [4.69, 9.17) is 0 Å². The van der Waals surface area contributed by atoms with Crippen LogP contribution < -0.4 is 5.32 Å². The monoisotopic (exact) mass is 253 g/mol. The maximum atomic E-state index is 10.9. The van der Waals surface area contributed by atoms with Crippen molar-refractivity contribution >= 4 is 23.9 Å². The van der Waals surface area contributed by atoms with Gasteiger partial charge in [-0.2, -0.15) is 0 Å². The Morgan fingerprint density at radius 3 is 2.59 bits per heavy atom. The van der Waals surface area contributed by atoms with E-state index in [-0.39, 0.29) is 11.5 Å². The lowest BCUT2D eigenvalue weighted by molar-refractivity contribution is 0.112. The molecule has 4 nitrogen and oxygen atoms in total. The number of hydrogen-bond acceptors (Lipinski definition) is 5. The number of rotatable bonds is 4. The fourth-order valence-electron chi connectivity index (χ4n) is 1.10. The minimum atomic E-state index is 0.102. The van der Waals surface area contributed by atoms with Crippen LogP contribution in [-0.4, -0.2) is 28.6 Å². The van der Waals surface area contributed by atoms with Crippen molar-refractivity contribution < 1.29 is 4.79 Å². The fraction of sp³-hybridized carbons (Fsp3) is 0.583. The molecule has 0 amide bonds. The van der Waals surface area contributed by atoms with Crippen molar-refractivity contribution in [1.29, 1.82) is 0 Å². The topological polar surface area (TPSA) is 54.9 Å². The van der Waals surface area contributed by atoms with Crippen LogP contribution in [-0.2, 0) is 0 Å². The van der Waals surface area contributed by atoms with Gasteiger partial charge in [0.15, 0.2) is 11.4 Å². The molecule has 0 aliphatic carbocycles. The molecule has 1 unspecified atom stereocenters. The second-order valence-corrected chi connectivity index (χ2v) is 5.78. The van der Waals surface area contributed by atoms with Crippen molar-refractivity contribution in [2.45, 2.75) is 38.9 Å². The Labute approximate surface area is 107 Å². The number of anilines is 1. The van der Waals surface area contributed by atoms with Gasteiger partial charge in [-0.3, -0.25) is 4.79 Å². The molecule has 1 heterocycles. The van der Waals surface area contributed by atoms with E-state index < -0.39 is 0 Å². The molecule has 0 aromatic carbocycles. The summed E-state index contributed by atoms with van der Waals surface area (Å²) in [6.07, 6.45) is 4.25. The van der Waals surface area contributed by atoms with Gasteiger partial charge in [0.25, 0.3) is 0 Å². The van der Waals surface area contributed by atoms with Crippen LogP contribution in [0.15, 0.2) is 11.4 Å². The van der Waals surface area contributed by atoms with Crippen LogP contribution in [0, 0.1) is 5.41 Å². The Morgan fingerprint density at radius 2 is 2.12 bits per heavy atom. The molecule has 1 atom stereocenters. The smallest absolute Gasteiger partial charge is 0.189 e. The summed E-state index contributed by atoms with van der Waals surface area (Å²) in [7, 11) is 0. The minimum Gasteiger partial charge on any atom is -0.366 e. The first-order chi connectivity index (χ1) is 7.88. The van der Waals surface area contributed by atoms with Crippen LogP contribution in [0.2, 0.25) is 0 Å². The number of thioether (sulfide) groups is 1. The van der Waals surface area contributed by atoms with E-state index in [2.05, 4.69) is 43.0 Å². The molecule has 0 radical (unpaired) electrons. The molecular weight excluding hydrogens is 234 g/mol. The molecule has 0 saturated heterocycles. The SMILES string of the molecule is CSc1ncc(C=O)c(NC(C)C(C)(C)C)n1. The molecule has 0 saturated carbocycles. The zero-order valence-electron chi connectivity index (χ0n) is 10.9. The Bertz CT molecular complexity index is 401. The van der Waals surface area contributed by atoms with Gasteiger partial charge in [-0.15, -0.1) is 0 Å². The fourth-order valence-corrected chi connectivity index (χ4v) is 1.44. The van der Waals surface area contributed by atoms with E-state index in [9.17, 15) is 4.79 Å². The number of hydrogen-bond donors (Lipinski definition) is 1. The summed E-state index contributed by atoms with van der Waals surface area (Å²) in [6.45, 7) is 8.50. The Balaban J connectivity index is 2.99. The van der Waals surface area contributed by atoms with E-state index in [1.807, 2.05) is 6.26 Å². The Morgan fingerprint density at radius 1 is 1.47 bits per heavy atom. The third kappa shape index (κ3) is 3.70. The Hall–Kier alpha value is -1.10. The number of nitrogens with one attached hydrogen (secondary N) is 1. The van der Waals surface area contributed by atoms with Gasteiger partial charge in [-0.25, -0.2) is 9.97 Å². The van der Waals surface area contributed by atoms with Gasteiger partial charge in [-0.1, -0.05) is 32.5 Å². The number of aromatic nitrogens is 2. The van der Waals surface area contributed by atoms with Crippen LogP contribution in [0.3, 0.4) is 0 Å². The highest BCUT2D eigenvalue weighted by Gasteiger charge is 2.21. The lowest BCUT2D eigenvalue weighted by atomic mass is 9.88. The first-order valence-electron chi connectivity index (χ1n) is 5.51. The van der Waals surface area contributed by atoms with Crippen molar-refractivity contribution in [1.82, 2.24) is 9.97 Å². The van der Waals surface area contributed by atoms with Crippen LogP contribution in [0.25, 0.3) is 0 Å². The predicted octanol–water partition coefficient (Wildman–Crippen LogP) is 2.86. The summed E-state index contributed by atoms with van der Waals surface area (Å²) in [6, 6.07) is 0.214. The molecule has 1 aromatic rings. The summed E-state index contributed by atoms with van der Waals surface area (Å²) < 4.78 is 0. The van der Waals surface area contributed by atoms with Crippen molar-refractivity contribution in [3.8, 4) is 0 Å². The van der Waals surface area contributed by atoms with Crippen LogP contribution >= 0.6 is 11.8 Å². The lowest BCUT2D eigenvalue weighted by Gasteiger charge is -2.28. The largest absolute Gasteiger partial charge is 0.366 e. The van der Waals surface area contributed by atoms with Gasteiger partial charge in [-0.05, 0) is 18.6 Å². The molecule has 17 heavy (non-hydrogen) atoms. The first kappa shape index (κ1) is 14.0. The van der Waals surface area contributed by atoms with E-state index in [1.54, 1.807) is 6.20 Å². The van der Waals surface area contributed by atoms with Crippen LogP contribution in [0.1, 0.15) is 38.1 Å². The highest BCUT2D eigenvalue weighted by molar-refractivity contribution is 7.98. The molecule has 0 bridgehead atoms. The zero-order valence-corrected chi connectivity index (χ0v) is 11.8. The third-order valence-electron chi connectivity index (χ3n) is 2.76. The van der Waals surface area contributed by atoms with E-state index in [0.29, 0.717) is 16.5 Å². The van der Waals surface area contributed by atoms with E-state index in [0.717, 1.165) is 6.29 Å². The average Bonchev–Trinajstić information content (AvgIpc) is 2.27. The number of aldehydes is 1. The first-order valence-corrected chi connectivity index (χ1v) is 6.73. The van der Waals surface area contributed by atoms with Crippen molar-refractivity contribution in [3.63, 3.8) is 0 Å². The molecule has 94 valence electrons. The minimum absolute atomic E-state index is 0.102. The second kappa shape index (κ2) is 5.49. The number of carbonyl (C=O) groups excluding carboxylic acids is 1. The highest BCUT2D eigenvalue weighted by Crippen LogP contribution is 2.24. The molecule has 5 heteroatoms. The second-order valence-electron chi connectivity index (χ2n) is 5.01. The molecule has 0 fully saturated rings. The van der Waals surface area contributed by atoms with Gasteiger partial charge in [0.05, 0.1) is 5.56 Å². The van der Waals surface area contributed by atoms with Crippen molar-refractivity contribution in [3.05, 3.63) is 11.8 Å². The maximum Gasteiger partial charge on any atom is 0.189 e. The van der Waals surface area contributed by atoms with Gasteiger partial charge in [0, 0.05) is 12.2 Å². The summed E-state index contributed by atoms with van der Waals surface area (Å²) in [5.41, 5.74) is 0.601. The molecule has 1 N–H and O–H groups in total. The van der Waals surface area contributed by atoms with E-state index >= 15 is 0 Å². The third-order valence-corrected chi connectivity index (χ3v) is 3.32. The molecule has 0 spiro atoms. The van der Waals surface area contributed by atoms with Crippen LogP contribution in [0.5, 0.6) is 0 Å². The number of carbonyl (C=O) groups is 1. The summed E-state index contributed by atoms with van der Waals surface area (Å²) in [5.74, 6) is 0.613. The summed E-state index contributed by atoms with van der Waals surface area (Å²) >= 11 is 1.46. The highest BCUT2D eigenvalue weighted by atomic mass is 32.2. The zero-order chi connectivity index (χ0) is 13.1. The quantitative estimate of drug-likeness (QED) is 0.508. The lowest BCUT2D eigenvalue weighted by Crippen LogP contribution is -2.31. The predicted molar refractivity (Wildman–Crippen MR) is 71.7 cm³/mol. The van der Waals surface area contributed by atoms with Gasteiger partial charge < -0.3 is 5.32 Å².